The van der Waals surface area contributed by atoms with Gasteiger partial charge in [0.15, 0.2) is 6.29 Å². The molecule has 4 heteroatoms. The Labute approximate surface area is 136 Å². The zero-order valence-electron chi connectivity index (χ0n) is 13.0. The number of ether oxygens (including phenoxy) is 3. The molecule has 0 radical (unpaired) electrons. The van der Waals surface area contributed by atoms with Crippen LogP contribution in [0.15, 0.2) is 60.7 Å². The molecular weight excluding hydrogens is 292 g/mol. The van der Waals surface area contributed by atoms with Gasteiger partial charge in [0.2, 0.25) is 0 Å². The van der Waals surface area contributed by atoms with Gasteiger partial charge in [-0.2, -0.15) is 0 Å². The van der Waals surface area contributed by atoms with Crippen LogP contribution in [0.25, 0.3) is 0 Å². The number of hydrogen-bond donors (Lipinski definition) is 1. The molecule has 0 bridgehead atoms. The number of aliphatic hydroxyl groups excluding tert-OH is 1. The third-order valence-electron chi connectivity index (χ3n) is 3.93. The van der Waals surface area contributed by atoms with Crippen molar-refractivity contribution in [2.45, 2.75) is 38.1 Å². The molecule has 0 unspecified atom stereocenters. The lowest BCUT2D eigenvalue weighted by Gasteiger charge is -2.16. The van der Waals surface area contributed by atoms with Gasteiger partial charge < -0.3 is 19.3 Å². The highest BCUT2D eigenvalue weighted by atomic mass is 16.7. The average molecular weight is 314 g/mol. The van der Waals surface area contributed by atoms with E-state index >= 15 is 0 Å². The predicted molar refractivity (Wildman–Crippen MR) is 86.6 cm³/mol. The zero-order chi connectivity index (χ0) is 15.9. The summed E-state index contributed by atoms with van der Waals surface area (Å²) >= 11 is 0. The van der Waals surface area contributed by atoms with Crippen LogP contribution in [0.4, 0.5) is 0 Å². The number of benzene rings is 2. The third-order valence-corrected chi connectivity index (χ3v) is 3.93. The van der Waals surface area contributed by atoms with Crippen molar-refractivity contribution in [1.29, 1.82) is 0 Å². The summed E-state index contributed by atoms with van der Waals surface area (Å²) in [6.07, 6.45) is -0.196. The standard InChI is InChI=1S/C19H22O4/c20-12-18-17(21-13-15-7-3-1-4-8-15)11-19(23-18)22-14-16-9-5-2-6-10-16/h1-10,17-20H,11-14H2/t17-,18+,19-/m1/s1. The van der Waals surface area contributed by atoms with E-state index in [0.717, 1.165) is 11.1 Å². The Hall–Kier alpha value is -1.72. The molecule has 0 aromatic heterocycles. The summed E-state index contributed by atoms with van der Waals surface area (Å²) in [5.41, 5.74) is 2.21. The van der Waals surface area contributed by atoms with Gasteiger partial charge in [0, 0.05) is 6.42 Å². The Kier molecular flexibility index (Phi) is 5.77. The van der Waals surface area contributed by atoms with E-state index in [1.807, 2.05) is 60.7 Å². The summed E-state index contributed by atoms with van der Waals surface area (Å²) in [5.74, 6) is 0. The second kappa shape index (κ2) is 8.22. The van der Waals surface area contributed by atoms with Crippen molar-refractivity contribution in [1.82, 2.24) is 0 Å². The van der Waals surface area contributed by atoms with Crippen molar-refractivity contribution in [2.24, 2.45) is 0 Å². The number of aliphatic hydroxyl groups is 1. The molecule has 0 spiro atoms. The van der Waals surface area contributed by atoms with Crippen LogP contribution in [-0.2, 0) is 27.4 Å². The van der Waals surface area contributed by atoms with Crippen LogP contribution in [0.2, 0.25) is 0 Å². The molecule has 0 saturated carbocycles. The monoisotopic (exact) mass is 314 g/mol. The minimum absolute atomic E-state index is 0.0648. The smallest absolute Gasteiger partial charge is 0.161 e. The van der Waals surface area contributed by atoms with Crippen LogP contribution in [0.1, 0.15) is 17.5 Å². The van der Waals surface area contributed by atoms with Crippen molar-refractivity contribution in [3.8, 4) is 0 Å². The molecule has 23 heavy (non-hydrogen) atoms. The molecule has 2 aromatic rings. The molecule has 1 fully saturated rings. The van der Waals surface area contributed by atoms with Crippen LogP contribution in [0.5, 0.6) is 0 Å². The molecule has 3 atom stereocenters. The van der Waals surface area contributed by atoms with Gasteiger partial charge in [-0.25, -0.2) is 0 Å². The quantitative estimate of drug-likeness (QED) is 0.854. The normalized spacial score (nSPS) is 24.0. The lowest BCUT2D eigenvalue weighted by Crippen LogP contribution is -2.27. The Morgan fingerprint density at radius 2 is 1.43 bits per heavy atom. The zero-order valence-corrected chi connectivity index (χ0v) is 13.0. The van der Waals surface area contributed by atoms with Gasteiger partial charge in [0.25, 0.3) is 0 Å². The molecule has 122 valence electrons. The first-order valence-electron chi connectivity index (χ1n) is 7.92. The van der Waals surface area contributed by atoms with Gasteiger partial charge in [-0.05, 0) is 11.1 Å². The van der Waals surface area contributed by atoms with E-state index in [1.165, 1.54) is 0 Å². The van der Waals surface area contributed by atoms with E-state index in [2.05, 4.69) is 0 Å². The van der Waals surface area contributed by atoms with Gasteiger partial charge in [-0.1, -0.05) is 60.7 Å². The predicted octanol–water partition coefficient (Wildman–Crippen LogP) is 2.90. The minimum atomic E-state index is -0.340. The van der Waals surface area contributed by atoms with Crippen LogP contribution in [0, 0.1) is 0 Å². The molecule has 1 aliphatic rings. The van der Waals surface area contributed by atoms with Gasteiger partial charge in [0.05, 0.1) is 25.9 Å². The fraction of sp³-hybridized carbons (Fsp3) is 0.368. The second-order valence-electron chi connectivity index (χ2n) is 5.65. The second-order valence-corrected chi connectivity index (χ2v) is 5.65. The van der Waals surface area contributed by atoms with E-state index < -0.39 is 0 Å². The number of rotatable bonds is 7. The maximum absolute atomic E-state index is 9.48. The van der Waals surface area contributed by atoms with Gasteiger partial charge in [0.1, 0.15) is 6.10 Å². The van der Waals surface area contributed by atoms with Crippen molar-refractivity contribution >= 4 is 0 Å². The summed E-state index contributed by atoms with van der Waals surface area (Å²) in [6, 6.07) is 20.0. The first-order chi connectivity index (χ1) is 11.3. The Morgan fingerprint density at radius 1 is 0.870 bits per heavy atom. The van der Waals surface area contributed by atoms with Crippen LogP contribution in [-0.4, -0.2) is 30.2 Å². The average Bonchev–Trinajstić information content (AvgIpc) is 3.02. The SMILES string of the molecule is OC[C@@H]1O[C@@H](OCc2ccccc2)C[C@H]1OCc1ccccc1. The maximum atomic E-state index is 9.48. The van der Waals surface area contributed by atoms with Crippen molar-refractivity contribution in [3.05, 3.63) is 71.8 Å². The third kappa shape index (κ3) is 4.62. The van der Waals surface area contributed by atoms with Crippen LogP contribution < -0.4 is 0 Å². The van der Waals surface area contributed by atoms with Gasteiger partial charge >= 0.3 is 0 Å². The molecule has 1 N–H and O–H groups in total. The topological polar surface area (TPSA) is 47.9 Å². The van der Waals surface area contributed by atoms with E-state index in [1.54, 1.807) is 0 Å². The fourth-order valence-electron chi connectivity index (χ4n) is 2.66. The van der Waals surface area contributed by atoms with Crippen molar-refractivity contribution < 1.29 is 19.3 Å². The van der Waals surface area contributed by atoms with Crippen molar-refractivity contribution in [2.75, 3.05) is 6.61 Å². The molecular formula is C19H22O4. The Morgan fingerprint density at radius 3 is 2.00 bits per heavy atom. The molecule has 4 nitrogen and oxygen atoms in total. The highest BCUT2D eigenvalue weighted by molar-refractivity contribution is 5.14. The molecule has 3 rings (SSSR count). The Bertz CT molecular complexity index is 572. The van der Waals surface area contributed by atoms with E-state index in [0.29, 0.717) is 19.6 Å². The van der Waals surface area contributed by atoms with Crippen LogP contribution in [0.3, 0.4) is 0 Å². The molecule has 0 amide bonds. The largest absolute Gasteiger partial charge is 0.394 e. The molecule has 1 aliphatic heterocycles. The molecule has 1 saturated heterocycles. The maximum Gasteiger partial charge on any atom is 0.161 e. The van der Waals surface area contributed by atoms with Gasteiger partial charge in [-0.15, -0.1) is 0 Å². The van der Waals surface area contributed by atoms with Gasteiger partial charge in [-0.3, -0.25) is 0 Å². The van der Waals surface area contributed by atoms with E-state index in [4.69, 9.17) is 14.2 Å². The first kappa shape index (κ1) is 16.1. The summed E-state index contributed by atoms with van der Waals surface area (Å²) in [5, 5.41) is 9.48. The summed E-state index contributed by atoms with van der Waals surface area (Å²) in [6.45, 7) is 0.941. The summed E-state index contributed by atoms with van der Waals surface area (Å²) in [4.78, 5) is 0. The molecule has 2 aromatic carbocycles. The molecule has 0 aliphatic carbocycles. The highest BCUT2D eigenvalue weighted by Gasteiger charge is 2.36. The lowest BCUT2D eigenvalue weighted by atomic mass is 10.2. The Balaban J connectivity index is 1.49. The van der Waals surface area contributed by atoms with Crippen molar-refractivity contribution in [3.63, 3.8) is 0 Å². The summed E-state index contributed by atoms with van der Waals surface area (Å²) < 4.78 is 17.4. The van der Waals surface area contributed by atoms with E-state index in [-0.39, 0.29) is 25.1 Å². The van der Waals surface area contributed by atoms with E-state index in [9.17, 15) is 5.11 Å². The fourth-order valence-corrected chi connectivity index (χ4v) is 2.66. The minimum Gasteiger partial charge on any atom is -0.394 e. The molecule has 1 heterocycles. The lowest BCUT2D eigenvalue weighted by molar-refractivity contribution is -0.151. The highest BCUT2D eigenvalue weighted by Crippen LogP contribution is 2.25. The van der Waals surface area contributed by atoms with Crippen LogP contribution >= 0.6 is 0 Å². The summed E-state index contributed by atoms with van der Waals surface area (Å²) in [7, 11) is 0. The first-order valence-corrected chi connectivity index (χ1v) is 7.92. The number of hydrogen-bond acceptors (Lipinski definition) is 4.